The first-order chi connectivity index (χ1) is 13.4. The highest BCUT2D eigenvalue weighted by Gasteiger charge is 2.59. The number of benzene rings is 1. The molecule has 1 aromatic heterocycles. The number of piperidine rings is 1. The number of hydrogen-bond acceptors (Lipinski definition) is 5. The molecule has 3 heterocycles. The number of carboxylic acids is 1. The van der Waals surface area contributed by atoms with Gasteiger partial charge < -0.3 is 19.5 Å². The van der Waals surface area contributed by atoms with Gasteiger partial charge in [-0.2, -0.15) is 0 Å². The average molecular weight is 401 g/mol. The van der Waals surface area contributed by atoms with Gasteiger partial charge in [0.15, 0.2) is 11.5 Å². The summed E-state index contributed by atoms with van der Waals surface area (Å²) >= 11 is 5.95. The standard InChI is InChI=1S/C21H21ClN2O4/c1-20(17-6-5-13(22)12-23-17)27-16-4-2-3-15(18(16)28-20)24-9-7-21(8-10-24)11-14(21)19(25)26/h2-6,12,14H,7-11H2,1H3,(H,25,26)/t14-,20?/m0/s1. The summed E-state index contributed by atoms with van der Waals surface area (Å²) in [6.45, 7) is 3.48. The van der Waals surface area contributed by atoms with Crippen LogP contribution in [0.15, 0.2) is 36.5 Å². The highest BCUT2D eigenvalue weighted by atomic mass is 35.5. The number of pyridine rings is 1. The van der Waals surface area contributed by atoms with Crippen LogP contribution in [0.5, 0.6) is 11.5 Å². The largest absolute Gasteiger partial charge is 0.481 e. The van der Waals surface area contributed by atoms with Crippen molar-refractivity contribution in [1.29, 1.82) is 0 Å². The van der Waals surface area contributed by atoms with Crippen molar-refractivity contribution < 1.29 is 19.4 Å². The van der Waals surface area contributed by atoms with Crippen molar-refractivity contribution in [2.45, 2.75) is 32.0 Å². The monoisotopic (exact) mass is 400 g/mol. The zero-order valence-corrected chi connectivity index (χ0v) is 16.3. The van der Waals surface area contributed by atoms with Crippen LogP contribution in [-0.4, -0.2) is 29.1 Å². The fourth-order valence-corrected chi connectivity index (χ4v) is 4.66. The molecule has 1 spiro atoms. The normalized spacial score (nSPS) is 27.1. The average Bonchev–Trinajstić information content (AvgIpc) is 3.26. The summed E-state index contributed by atoms with van der Waals surface area (Å²) in [5, 5.41) is 9.86. The van der Waals surface area contributed by atoms with Crippen LogP contribution in [0.2, 0.25) is 5.02 Å². The molecule has 28 heavy (non-hydrogen) atoms. The van der Waals surface area contributed by atoms with Crippen LogP contribution in [0.4, 0.5) is 5.69 Å². The molecule has 146 valence electrons. The van der Waals surface area contributed by atoms with E-state index < -0.39 is 11.8 Å². The number of ether oxygens (including phenoxy) is 2. The topological polar surface area (TPSA) is 71.9 Å². The maximum Gasteiger partial charge on any atom is 0.307 e. The Hall–Kier alpha value is -2.47. The molecule has 7 heteroatoms. The Morgan fingerprint density at radius 2 is 2.04 bits per heavy atom. The quantitative estimate of drug-likeness (QED) is 0.837. The Morgan fingerprint density at radius 3 is 2.68 bits per heavy atom. The number of aromatic nitrogens is 1. The molecule has 2 fully saturated rings. The minimum atomic E-state index is -1.01. The number of carboxylic acid groups (broad SMARTS) is 1. The van der Waals surface area contributed by atoms with Gasteiger partial charge in [0.05, 0.1) is 16.6 Å². The van der Waals surface area contributed by atoms with Gasteiger partial charge in [-0.3, -0.25) is 9.78 Å². The van der Waals surface area contributed by atoms with Crippen molar-refractivity contribution in [3.63, 3.8) is 0 Å². The van der Waals surface area contributed by atoms with Gasteiger partial charge in [-0.25, -0.2) is 0 Å². The molecule has 2 atom stereocenters. The molecule has 1 aromatic carbocycles. The van der Waals surface area contributed by atoms with E-state index in [9.17, 15) is 9.90 Å². The fraction of sp³-hybridized carbons (Fsp3) is 0.429. The van der Waals surface area contributed by atoms with Gasteiger partial charge >= 0.3 is 5.97 Å². The molecule has 6 nitrogen and oxygen atoms in total. The maximum absolute atomic E-state index is 11.3. The van der Waals surface area contributed by atoms with Crippen molar-refractivity contribution in [1.82, 2.24) is 4.98 Å². The molecule has 1 aliphatic carbocycles. The van der Waals surface area contributed by atoms with Crippen LogP contribution in [-0.2, 0) is 10.6 Å². The van der Waals surface area contributed by atoms with E-state index in [0.29, 0.717) is 22.2 Å². The second-order valence-corrected chi connectivity index (χ2v) is 8.50. The highest BCUT2D eigenvalue weighted by molar-refractivity contribution is 6.30. The summed E-state index contributed by atoms with van der Waals surface area (Å²) < 4.78 is 12.4. The van der Waals surface area contributed by atoms with Gasteiger partial charge in [0.2, 0.25) is 0 Å². The maximum atomic E-state index is 11.3. The third-order valence-electron chi connectivity index (χ3n) is 6.34. The highest BCUT2D eigenvalue weighted by Crippen LogP contribution is 2.60. The number of anilines is 1. The Bertz CT molecular complexity index is 940. The molecular formula is C21H21ClN2O4. The minimum Gasteiger partial charge on any atom is -0.481 e. The number of para-hydroxylation sites is 1. The Morgan fingerprint density at radius 1 is 1.25 bits per heavy atom. The van der Waals surface area contributed by atoms with E-state index in [-0.39, 0.29) is 11.3 Å². The van der Waals surface area contributed by atoms with E-state index in [0.717, 1.165) is 38.0 Å². The van der Waals surface area contributed by atoms with E-state index in [1.54, 1.807) is 18.3 Å². The predicted octanol–water partition coefficient (Wildman–Crippen LogP) is 4.07. The summed E-state index contributed by atoms with van der Waals surface area (Å²) in [7, 11) is 0. The van der Waals surface area contributed by atoms with E-state index in [4.69, 9.17) is 21.1 Å². The summed E-state index contributed by atoms with van der Waals surface area (Å²) in [6.07, 6.45) is 4.18. The van der Waals surface area contributed by atoms with Crippen molar-refractivity contribution in [3.8, 4) is 11.5 Å². The summed E-state index contributed by atoms with van der Waals surface area (Å²) in [4.78, 5) is 17.9. The molecule has 1 unspecified atom stereocenters. The molecule has 0 bridgehead atoms. The first-order valence-electron chi connectivity index (χ1n) is 9.51. The van der Waals surface area contributed by atoms with Crippen molar-refractivity contribution in [2.75, 3.05) is 18.0 Å². The van der Waals surface area contributed by atoms with E-state index in [2.05, 4.69) is 9.88 Å². The summed E-state index contributed by atoms with van der Waals surface area (Å²) in [5.41, 5.74) is 1.64. The number of carbonyl (C=O) groups is 1. The molecule has 2 aliphatic heterocycles. The molecule has 1 saturated carbocycles. The van der Waals surface area contributed by atoms with Crippen molar-refractivity contribution in [3.05, 3.63) is 47.2 Å². The first kappa shape index (κ1) is 17.6. The minimum absolute atomic E-state index is 0.000610. The fourth-order valence-electron chi connectivity index (χ4n) is 4.55. The summed E-state index contributed by atoms with van der Waals surface area (Å²) in [6, 6.07) is 9.46. The summed E-state index contributed by atoms with van der Waals surface area (Å²) in [5.74, 6) is -0.438. The predicted molar refractivity (Wildman–Crippen MR) is 104 cm³/mol. The van der Waals surface area contributed by atoms with E-state index in [1.807, 2.05) is 25.1 Å². The number of hydrogen-bond donors (Lipinski definition) is 1. The lowest BCUT2D eigenvalue weighted by Gasteiger charge is -2.34. The SMILES string of the molecule is CC1(c2ccc(Cl)cn2)Oc2cccc(N3CCC4(CC3)C[C@H]4C(=O)O)c2O1. The van der Waals surface area contributed by atoms with Crippen LogP contribution >= 0.6 is 11.6 Å². The lowest BCUT2D eigenvalue weighted by molar-refractivity contribution is -0.139. The molecule has 1 N–H and O–H groups in total. The number of rotatable bonds is 3. The lowest BCUT2D eigenvalue weighted by atomic mass is 9.90. The zero-order chi connectivity index (χ0) is 19.5. The van der Waals surface area contributed by atoms with Crippen LogP contribution in [0, 0.1) is 11.3 Å². The third-order valence-corrected chi connectivity index (χ3v) is 6.56. The van der Waals surface area contributed by atoms with Crippen molar-refractivity contribution >= 4 is 23.3 Å². The third kappa shape index (κ3) is 2.70. The van der Waals surface area contributed by atoms with Crippen molar-refractivity contribution in [2.24, 2.45) is 11.3 Å². The molecule has 0 radical (unpaired) electrons. The van der Waals surface area contributed by atoms with Gasteiger partial charge in [-0.1, -0.05) is 17.7 Å². The number of aliphatic carboxylic acids is 1. The Kier molecular flexibility index (Phi) is 3.78. The van der Waals surface area contributed by atoms with Gasteiger partial charge in [-0.15, -0.1) is 0 Å². The second-order valence-electron chi connectivity index (χ2n) is 8.06. The van der Waals surface area contributed by atoms with E-state index >= 15 is 0 Å². The smallest absolute Gasteiger partial charge is 0.307 e. The second kappa shape index (κ2) is 6.01. The molecule has 5 rings (SSSR count). The van der Waals surface area contributed by atoms with Gasteiger partial charge in [0.25, 0.3) is 5.79 Å². The van der Waals surface area contributed by atoms with E-state index in [1.165, 1.54) is 0 Å². The van der Waals surface area contributed by atoms with Crippen LogP contribution in [0.3, 0.4) is 0 Å². The molecule has 2 aromatic rings. The Balaban J connectivity index is 1.37. The number of fused-ring (bicyclic) bond motifs is 1. The van der Waals surface area contributed by atoms with Gasteiger partial charge in [0.1, 0.15) is 5.69 Å². The van der Waals surface area contributed by atoms with Gasteiger partial charge in [-0.05, 0) is 48.9 Å². The molecule has 0 amide bonds. The zero-order valence-electron chi connectivity index (χ0n) is 15.5. The Labute approximate surface area is 168 Å². The van der Waals surface area contributed by atoms with Crippen LogP contribution in [0.1, 0.15) is 31.9 Å². The molecule has 3 aliphatic rings. The number of halogens is 1. The van der Waals surface area contributed by atoms with Crippen LogP contribution in [0.25, 0.3) is 0 Å². The first-order valence-corrected chi connectivity index (χ1v) is 9.89. The number of nitrogens with zero attached hydrogens (tertiary/aromatic N) is 2. The lowest BCUT2D eigenvalue weighted by Crippen LogP contribution is -2.36. The van der Waals surface area contributed by atoms with Gasteiger partial charge in [0, 0.05) is 26.2 Å². The molecule has 1 saturated heterocycles. The molecular weight excluding hydrogens is 380 g/mol. The van der Waals surface area contributed by atoms with Crippen LogP contribution < -0.4 is 14.4 Å².